The number of hydrogen-bond acceptors (Lipinski definition) is 3. The van der Waals surface area contributed by atoms with Gasteiger partial charge in [0.25, 0.3) is 0 Å². The maximum Gasteiger partial charge on any atom is 0.128 e. The van der Waals surface area contributed by atoms with Gasteiger partial charge in [0.15, 0.2) is 0 Å². The number of aryl methyl sites for hydroxylation is 1. The molecule has 0 saturated carbocycles. The van der Waals surface area contributed by atoms with E-state index in [9.17, 15) is 0 Å². The minimum Gasteiger partial charge on any atom is -0.497 e. The molecule has 5 rings (SSSR count). The fourth-order valence-electron chi connectivity index (χ4n) is 4.34. The van der Waals surface area contributed by atoms with Crippen LogP contribution in [0.3, 0.4) is 0 Å². The van der Waals surface area contributed by atoms with Crippen molar-refractivity contribution in [1.29, 1.82) is 0 Å². The van der Waals surface area contributed by atoms with Gasteiger partial charge in [0.2, 0.25) is 0 Å². The largest absolute Gasteiger partial charge is 0.497 e. The number of aromatic nitrogens is 1. The Kier molecular flexibility index (Phi) is 3.45. The van der Waals surface area contributed by atoms with Crippen molar-refractivity contribution in [3.63, 3.8) is 0 Å². The fraction of sp³-hybridized carbons (Fsp3) is 0.333. The molecule has 2 aromatic carbocycles. The Morgan fingerprint density at radius 2 is 1.84 bits per heavy atom. The first-order valence-electron chi connectivity index (χ1n) is 9.04. The van der Waals surface area contributed by atoms with Gasteiger partial charge in [-0.25, -0.2) is 0 Å². The van der Waals surface area contributed by atoms with Crippen molar-refractivity contribution in [3.05, 3.63) is 53.7 Å². The standard InChI is InChI=1S/C21H22N2O2/c1-24-14-5-7-15(8-6-14)25-16-9-10-20-18(13-16)17-3-2-4-19-21(17)23(20)12-11-22-19/h5-10,13,19,22H,2-4,11-12H2,1H3. The van der Waals surface area contributed by atoms with Gasteiger partial charge in [-0.3, -0.25) is 0 Å². The molecule has 0 fully saturated rings. The molecule has 1 aliphatic carbocycles. The van der Waals surface area contributed by atoms with Gasteiger partial charge in [0, 0.05) is 35.7 Å². The van der Waals surface area contributed by atoms with Gasteiger partial charge in [-0.2, -0.15) is 0 Å². The average molecular weight is 334 g/mol. The first-order chi connectivity index (χ1) is 12.3. The molecule has 128 valence electrons. The molecule has 2 heterocycles. The number of ether oxygens (including phenoxy) is 2. The number of hydrogen-bond donors (Lipinski definition) is 1. The molecule has 0 bridgehead atoms. The van der Waals surface area contributed by atoms with Crippen LogP contribution < -0.4 is 14.8 Å². The van der Waals surface area contributed by atoms with Crippen LogP contribution in [0.5, 0.6) is 17.2 Å². The van der Waals surface area contributed by atoms with E-state index in [4.69, 9.17) is 9.47 Å². The fourth-order valence-corrected chi connectivity index (χ4v) is 4.34. The number of rotatable bonds is 3. The molecule has 1 N–H and O–H groups in total. The predicted molar refractivity (Wildman–Crippen MR) is 98.7 cm³/mol. The number of fused-ring (bicyclic) bond motifs is 3. The summed E-state index contributed by atoms with van der Waals surface area (Å²) < 4.78 is 13.8. The highest BCUT2D eigenvalue weighted by Gasteiger charge is 2.29. The smallest absolute Gasteiger partial charge is 0.128 e. The van der Waals surface area contributed by atoms with Crippen LogP contribution in [-0.4, -0.2) is 18.2 Å². The molecule has 1 aliphatic heterocycles. The highest BCUT2D eigenvalue weighted by Crippen LogP contribution is 2.40. The highest BCUT2D eigenvalue weighted by atomic mass is 16.5. The predicted octanol–water partition coefficient (Wildman–Crippen LogP) is 4.42. The third-order valence-electron chi connectivity index (χ3n) is 5.45. The summed E-state index contributed by atoms with van der Waals surface area (Å²) in [5.41, 5.74) is 4.37. The molecule has 0 spiro atoms. The molecule has 0 amide bonds. The zero-order chi connectivity index (χ0) is 16.8. The van der Waals surface area contributed by atoms with Crippen molar-refractivity contribution < 1.29 is 9.47 Å². The van der Waals surface area contributed by atoms with E-state index in [1.54, 1.807) is 7.11 Å². The molecule has 2 aliphatic rings. The van der Waals surface area contributed by atoms with Crippen LogP contribution in [0.25, 0.3) is 10.9 Å². The lowest BCUT2D eigenvalue weighted by Gasteiger charge is -2.31. The number of nitrogens with one attached hydrogen (secondary N) is 1. The van der Waals surface area contributed by atoms with Crippen molar-refractivity contribution in [2.24, 2.45) is 0 Å². The first-order valence-corrected chi connectivity index (χ1v) is 9.04. The van der Waals surface area contributed by atoms with Crippen LogP contribution in [0.4, 0.5) is 0 Å². The van der Waals surface area contributed by atoms with Gasteiger partial charge in [0.05, 0.1) is 7.11 Å². The van der Waals surface area contributed by atoms with E-state index in [0.29, 0.717) is 6.04 Å². The minimum atomic E-state index is 0.524. The molecular weight excluding hydrogens is 312 g/mol. The number of methoxy groups -OCH3 is 1. The first kappa shape index (κ1) is 14.8. The van der Waals surface area contributed by atoms with Crippen LogP contribution >= 0.6 is 0 Å². The van der Waals surface area contributed by atoms with Crippen molar-refractivity contribution >= 4 is 10.9 Å². The molecule has 0 radical (unpaired) electrons. The Morgan fingerprint density at radius 1 is 1.04 bits per heavy atom. The zero-order valence-corrected chi connectivity index (χ0v) is 14.4. The molecule has 1 atom stereocenters. The summed E-state index contributed by atoms with van der Waals surface area (Å²) in [7, 11) is 1.67. The van der Waals surface area contributed by atoms with E-state index < -0.39 is 0 Å². The van der Waals surface area contributed by atoms with Crippen LogP contribution in [0.2, 0.25) is 0 Å². The Hall–Kier alpha value is -2.46. The monoisotopic (exact) mass is 334 g/mol. The van der Waals surface area contributed by atoms with E-state index in [0.717, 1.165) is 30.3 Å². The lowest BCUT2D eigenvalue weighted by Crippen LogP contribution is -2.35. The second-order valence-corrected chi connectivity index (χ2v) is 6.87. The van der Waals surface area contributed by atoms with E-state index in [1.165, 1.54) is 41.4 Å². The van der Waals surface area contributed by atoms with Crippen molar-refractivity contribution in [2.75, 3.05) is 13.7 Å². The average Bonchev–Trinajstić information content (AvgIpc) is 2.98. The van der Waals surface area contributed by atoms with Crippen LogP contribution in [0.1, 0.15) is 30.1 Å². The van der Waals surface area contributed by atoms with E-state index in [1.807, 2.05) is 24.3 Å². The third-order valence-corrected chi connectivity index (χ3v) is 5.45. The highest BCUT2D eigenvalue weighted by molar-refractivity contribution is 5.87. The van der Waals surface area contributed by atoms with Crippen LogP contribution in [0.15, 0.2) is 42.5 Å². The summed E-state index contributed by atoms with van der Waals surface area (Å²) >= 11 is 0. The lowest BCUT2D eigenvalue weighted by atomic mass is 9.91. The Balaban J connectivity index is 1.55. The second-order valence-electron chi connectivity index (χ2n) is 6.87. The van der Waals surface area contributed by atoms with Gasteiger partial charge in [-0.15, -0.1) is 0 Å². The van der Waals surface area contributed by atoms with Crippen LogP contribution in [0, 0.1) is 0 Å². The summed E-state index contributed by atoms with van der Waals surface area (Å²) in [6.07, 6.45) is 3.68. The molecule has 3 aromatic rings. The van der Waals surface area contributed by atoms with Gasteiger partial charge >= 0.3 is 0 Å². The molecule has 0 saturated heterocycles. The summed E-state index contributed by atoms with van der Waals surface area (Å²) in [5.74, 6) is 2.56. The SMILES string of the molecule is COc1ccc(Oc2ccc3c(c2)c2c4n3CCNC4CCC2)cc1. The van der Waals surface area contributed by atoms with Gasteiger partial charge in [-0.05, 0) is 67.3 Å². The van der Waals surface area contributed by atoms with E-state index in [2.05, 4.69) is 28.1 Å². The third kappa shape index (κ3) is 2.40. The summed E-state index contributed by atoms with van der Waals surface area (Å²) in [5, 5.41) is 5.04. The minimum absolute atomic E-state index is 0.524. The second kappa shape index (κ2) is 5.81. The quantitative estimate of drug-likeness (QED) is 0.770. The summed E-state index contributed by atoms with van der Waals surface area (Å²) in [6, 6.07) is 14.8. The van der Waals surface area contributed by atoms with E-state index in [-0.39, 0.29) is 0 Å². The van der Waals surface area contributed by atoms with Gasteiger partial charge in [0.1, 0.15) is 17.2 Å². The summed E-state index contributed by atoms with van der Waals surface area (Å²) in [6.45, 7) is 2.12. The molecule has 4 nitrogen and oxygen atoms in total. The van der Waals surface area contributed by atoms with Crippen molar-refractivity contribution in [3.8, 4) is 17.2 Å². The molecule has 25 heavy (non-hydrogen) atoms. The maximum atomic E-state index is 6.08. The Morgan fingerprint density at radius 3 is 2.68 bits per heavy atom. The Labute approximate surface area is 147 Å². The normalized spacial score (nSPS) is 18.8. The van der Waals surface area contributed by atoms with E-state index >= 15 is 0 Å². The topological polar surface area (TPSA) is 35.4 Å². The van der Waals surface area contributed by atoms with Gasteiger partial charge in [-0.1, -0.05) is 0 Å². The maximum absolute atomic E-state index is 6.08. The molecular formula is C21H22N2O2. The van der Waals surface area contributed by atoms with Crippen molar-refractivity contribution in [1.82, 2.24) is 9.88 Å². The molecule has 1 unspecified atom stereocenters. The lowest BCUT2D eigenvalue weighted by molar-refractivity contribution is 0.384. The number of benzene rings is 2. The van der Waals surface area contributed by atoms with Gasteiger partial charge < -0.3 is 19.4 Å². The Bertz CT molecular complexity index is 925. The zero-order valence-electron chi connectivity index (χ0n) is 14.4. The number of nitrogens with zero attached hydrogens (tertiary/aromatic N) is 1. The summed E-state index contributed by atoms with van der Waals surface area (Å²) in [4.78, 5) is 0. The molecule has 1 aromatic heterocycles. The molecule has 4 heteroatoms. The van der Waals surface area contributed by atoms with Crippen molar-refractivity contribution in [2.45, 2.75) is 31.8 Å². The van der Waals surface area contributed by atoms with Crippen LogP contribution in [-0.2, 0) is 13.0 Å².